The molecule has 1 aliphatic heterocycles. The normalized spacial score (nSPS) is 16.4. The fraction of sp³-hybridized carbons (Fsp3) is 0.211. The number of pyridine rings is 1. The lowest BCUT2D eigenvalue weighted by Crippen LogP contribution is -2.33. The second kappa shape index (κ2) is 5.85. The van der Waals surface area contributed by atoms with Gasteiger partial charge in [-0.25, -0.2) is 0 Å². The number of nitrogens with zero attached hydrogens (tertiary/aromatic N) is 1. The number of halogens is 1. The molecule has 0 saturated heterocycles. The van der Waals surface area contributed by atoms with Crippen LogP contribution < -0.4 is 15.7 Å². The van der Waals surface area contributed by atoms with Crippen LogP contribution in [0.15, 0.2) is 44.5 Å². The van der Waals surface area contributed by atoms with Gasteiger partial charge in [-0.1, -0.05) is 11.6 Å². The van der Waals surface area contributed by atoms with Gasteiger partial charge in [-0.15, -0.1) is 0 Å². The first-order valence-corrected chi connectivity index (χ1v) is 8.37. The van der Waals surface area contributed by atoms with Crippen molar-refractivity contribution in [1.29, 1.82) is 0 Å². The lowest BCUT2D eigenvalue weighted by Gasteiger charge is -2.24. The zero-order chi connectivity index (χ0) is 18.6. The maximum atomic E-state index is 13.0. The number of carbonyl (C=O) groups excluding carboxylic acids is 1. The average molecular weight is 372 g/mol. The van der Waals surface area contributed by atoms with Gasteiger partial charge < -0.3 is 13.7 Å². The molecule has 7 heteroatoms. The Morgan fingerprint density at radius 1 is 1.19 bits per heavy atom. The van der Waals surface area contributed by atoms with Gasteiger partial charge in [0.2, 0.25) is 0 Å². The van der Waals surface area contributed by atoms with Crippen LogP contribution in [0.3, 0.4) is 0 Å². The maximum Gasteiger partial charge on any atom is 0.312 e. The molecule has 1 aromatic carbocycles. The smallest absolute Gasteiger partial charge is 0.312 e. The first kappa shape index (κ1) is 16.6. The number of hydrogen-bond donors (Lipinski definition) is 0. The highest BCUT2D eigenvalue weighted by atomic mass is 35.5. The first-order chi connectivity index (χ1) is 12.4. The van der Waals surface area contributed by atoms with E-state index in [-0.39, 0.29) is 34.3 Å². The molecule has 3 aromatic rings. The molecule has 6 nitrogen and oxygen atoms in total. The molecule has 3 heterocycles. The minimum Gasteiger partial charge on any atom is -0.464 e. The van der Waals surface area contributed by atoms with Crippen LogP contribution in [0.2, 0.25) is 5.02 Å². The maximum absolute atomic E-state index is 13.0. The predicted molar refractivity (Wildman–Crippen MR) is 96.0 cm³/mol. The van der Waals surface area contributed by atoms with Gasteiger partial charge >= 0.3 is 5.97 Å². The minimum absolute atomic E-state index is 0.109. The van der Waals surface area contributed by atoms with Crippen LogP contribution in [-0.4, -0.2) is 10.5 Å². The van der Waals surface area contributed by atoms with E-state index in [1.807, 2.05) is 0 Å². The van der Waals surface area contributed by atoms with Crippen LogP contribution in [0.1, 0.15) is 29.2 Å². The average Bonchev–Trinajstić information content (AvgIpc) is 2.60. The van der Waals surface area contributed by atoms with Crippen molar-refractivity contribution in [2.45, 2.75) is 19.3 Å². The van der Waals surface area contributed by atoms with Crippen LogP contribution in [0.4, 0.5) is 0 Å². The second-order valence-corrected chi connectivity index (χ2v) is 6.76. The molecule has 1 atom stereocenters. The van der Waals surface area contributed by atoms with E-state index in [0.29, 0.717) is 21.7 Å². The van der Waals surface area contributed by atoms with Gasteiger partial charge in [0.05, 0.1) is 23.6 Å². The van der Waals surface area contributed by atoms with Gasteiger partial charge in [0.15, 0.2) is 5.43 Å². The Kier molecular flexibility index (Phi) is 3.73. The Morgan fingerprint density at radius 3 is 2.73 bits per heavy atom. The number of rotatable bonds is 1. The lowest BCUT2D eigenvalue weighted by molar-refractivity contribution is -0.135. The van der Waals surface area contributed by atoms with E-state index in [4.69, 9.17) is 20.8 Å². The highest BCUT2D eigenvalue weighted by molar-refractivity contribution is 6.31. The topological polar surface area (TPSA) is 78.5 Å². The molecule has 0 spiro atoms. The predicted octanol–water partition coefficient (Wildman–Crippen LogP) is 2.89. The summed E-state index contributed by atoms with van der Waals surface area (Å²) in [6.45, 7) is 1.74. The standard InChI is InChI=1S/C19H14ClNO5/c1-9-5-15-17(19(24)21(9)2)11(7-16(22)26-15)13-8-25-14-4-3-10(20)6-12(14)18(13)23/h3-6,8,11H,7H2,1-2H3/t11-/m1/s1. The molecule has 0 fully saturated rings. The molecule has 1 aliphatic rings. The summed E-state index contributed by atoms with van der Waals surface area (Å²) < 4.78 is 12.3. The van der Waals surface area contributed by atoms with E-state index >= 15 is 0 Å². The lowest BCUT2D eigenvalue weighted by atomic mass is 9.87. The van der Waals surface area contributed by atoms with Gasteiger partial charge in [0, 0.05) is 35.3 Å². The summed E-state index contributed by atoms with van der Waals surface area (Å²) in [6, 6.07) is 6.37. The van der Waals surface area contributed by atoms with Crippen molar-refractivity contribution < 1.29 is 13.9 Å². The third kappa shape index (κ3) is 2.45. The van der Waals surface area contributed by atoms with Crippen molar-refractivity contribution in [2.24, 2.45) is 7.05 Å². The van der Waals surface area contributed by atoms with E-state index in [9.17, 15) is 14.4 Å². The number of aryl methyl sites for hydroxylation is 1. The largest absolute Gasteiger partial charge is 0.464 e. The number of benzene rings is 1. The quantitative estimate of drug-likeness (QED) is 0.614. The third-order valence-electron chi connectivity index (χ3n) is 4.75. The Labute approximate surface area is 152 Å². The van der Waals surface area contributed by atoms with Gasteiger partial charge in [0.25, 0.3) is 5.56 Å². The molecule has 0 amide bonds. The molecule has 0 N–H and O–H groups in total. The first-order valence-electron chi connectivity index (χ1n) is 7.99. The van der Waals surface area contributed by atoms with E-state index < -0.39 is 11.9 Å². The minimum atomic E-state index is -0.731. The number of fused-ring (bicyclic) bond motifs is 2. The summed E-state index contributed by atoms with van der Waals surface area (Å²) >= 11 is 5.99. The third-order valence-corrected chi connectivity index (χ3v) is 4.98. The molecule has 4 rings (SSSR count). The molecule has 0 saturated carbocycles. The van der Waals surface area contributed by atoms with E-state index in [1.165, 1.54) is 16.9 Å². The Hall–Kier alpha value is -2.86. The fourth-order valence-electron chi connectivity index (χ4n) is 3.27. The van der Waals surface area contributed by atoms with Crippen molar-refractivity contribution in [2.75, 3.05) is 0 Å². The highest BCUT2D eigenvalue weighted by Crippen LogP contribution is 2.36. The van der Waals surface area contributed by atoms with Crippen LogP contribution in [-0.2, 0) is 11.8 Å². The van der Waals surface area contributed by atoms with Crippen molar-refractivity contribution >= 4 is 28.5 Å². The van der Waals surface area contributed by atoms with Crippen molar-refractivity contribution in [3.8, 4) is 5.75 Å². The van der Waals surface area contributed by atoms with E-state index in [2.05, 4.69) is 0 Å². The molecule has 0 aliphatic carbocycles. The Morgan fingerprint density at radius 2 is 1.96 bits per heavy atom. The summed E-state index contributed by atoms with van der Waals surface area (Å²) in [5.74, 6) is -1.04. The SMILES string of the molecule is Cc1cc2c(c(=O)n1C)[C@@H](c1coc3ccc(Cl)cc3c1=O)CC(=O)O2. The summed E-state index contributed by atoms with van der Waals surface area (Å²) in [5, 5.41) is 0.705. The van der Waals surface area contributed by atoms with Crippen molar-refractivity contribution in [1.82, 2.24) is 4.57 Å². The van der Waals surface area contributed by atoms with Gasteiger partial charge in [0.1, 0.15) is 11.3 Å². The molecular formula is C19H14ClNO5. The molecule has 26 heavy (non-hydrogen) atoms. The number of esters is 1. The molecule has 0 bridgehead atoms. The van der Waals surface area contributed by atoms with Crippen molar-refractivity contribution in [3.05, 3.63) is 72.9 Å². The molecular weight excluding hydrogens is 358 g/mol. The summed E-state index contributed by atoms with van der Waals surface area (Å²) in [5.41, 5.74) is 0.938. The number of aromatic nitrogens is 1. The zero-order valence-corrected chi connectivity index (χ0v) is 14.8. The van der Waals surface area contributed by atoms with Gasteiger partial charge in [-0.05, 0) is 25.1 Å². The summed E-state index contributed by atoms with van der Waals surface area (Å²) in [4.78, 5) is 37.8. The number of ether oxygens (including phenoxy) is 1. The zero-order valence-electron chi connectivity index (χ0n) is 14.0. The summed E-state index contributed by atoms with van der Waals surface area (Å²) in [7, 11) is 1.63. The second-order valence-electron chi connectivity index (χ2n) is 6.32. The van der Waals surface area contributed by atoms with Crippen LogP contribution in [0, 0.1) is 6.92 Å². The number of hydrogen-bond acceptors (Lipinski definition) is 5. The fourth-order valence-corrected chi connectivity index (χ4v) is 3.45. The van der Waals surface area contributed by atoms with E-state index in [0.717, 1.165) is 0 Å². The molecule has 132 valence electrons. The summed E-state index contributed by atoms with van der Waals surface area (Å²) in [6.07, 6.45) is 1.20. The Balaban J connectivity index is 2.01. The number of carbonyl (C=O) groups is 1. The van der Waals surface area contributed by atoms with Crippen molar-refractivity contribution in [3.63, 3.8) is 0 Å². The van der Waals surface area contributed by atoms with Crippen LogP contribution in [0.5, 0.6) is 5.75 Å². The molecule has 0 unspecified atom stereocenters. The molecule has 0 radical (unpaired) electrons. The van der Waals surface area contributed by atoms with Gasteiger partial charge in [-0.3, -0.25) is 14.4 Å². The van der Waals surface area contributed by atoms with Crippen LogP contribution in [0.25, 0.3) is 11.0 Å². The monoisotopic (exact) mass is 371 g/mol. The highest BCUT2D eigenvalue weighted by Gasteiger charge is 2.34. The van der Waals surface area contributed by atoms with Gasteiger partial charge in [-0.2, -0.15) is 0 Å². The van der Waals surface area contributed by atoms with Crippen LogP contribution >= 0.6 is 11.6 Å². The van der Waals surface area contributed by atoms with E-state index in [1.54, 1.807) is 32.2 Å². The molecule has 2 aromatic heterocycles. The Bertz CT molecular complexity index is 1190.